The molecule has 0 radical (unpaired) electrons. The van der Waals surface area contributed by atoms with Crippen molar-refractivity contribution in [1.82, 2.24) is 0 Å². The van der Waals surface area contributed by atoms with Gasteiger partial charge in [-0.3, -0.25) is 0 Å². The lowest BCUT2D eigenvalue weighted by atomic mass is 9.91. The number of carbonyl (C=O) groups excluding carboxylic acids is 1. The maximum atomic E-state index is 11.1. The van der Waals surface area contributed by atoms with Crippen molar-refractivity contribution in [2.75, 3.05) is 0 Å². The summed E-state index contributed by atoms with van der Waals surface area (Å²) in [5, 5.41) is 0. The van der Waals surface area contributed by atoms with E-state index in [0.717, 1.165) is 18.6 Å². The van der Waals surface area contributed by atoms with Gasteiger partial charge in [0.05, 0.1) is 0 Å². The van der Waals surface area contributed by atoms with Crippen LogP contribution >= 0.6 is 0 Å². The number of ether oxygens (including phenoxy) is 1. The SMILES string of the molecule is CCC(CCC(C)=O)c1ccc(OCc2ccccc2)cc1. The van der Waals surface area contributed by atoms with Gasteiger partial charge >= 0.3 is 0 Å². The Hall–Kier alpha value is -2.09. The smallest absolute Gasteiger partial charge is 0.129 e. The summed E-state index contributed by atoms with van der Waals surface area (Å²) >= 11 is 0. The van der Waals surface area contributed by atoms with Gasteiger partial charge in [0.2, 0.25) is 0 Å². The van der Waals surface area contributed by atoms with E-state index in [1.807, 2.05) is 30.3 Å². The van der Waals surface area contributed by atoms with E-state index in [1.165, 1.54) is 11.1 Å². The largest absolute Gasteiger partial charge is 0.489 e. The molecule has 0 aromatic heterocycles. The standard InChI is InChI=1S/C20H24O2/c1-3-18(10-9-16(2)21)19-11-13-20(14-12-19)22-15-17-7-5-4-6-8-17/h4-8,11-14,18H,3,9-10,15H2,1-2H3. The maximum Gasteiger partial charge on any atom is 0.129 e. The summed E-state index contributed by atoms with van der Waals surface area (Å²) in [7, 11) is 0. The van der Waals surface area contributed by atoms with Crippen molar-refractivity contribution >= 4 is 5.78 Å². The average Bonchev–Trinajstić information content (AvgIpc) is 2.55. The number of ketones is 1. The minimum absolute atomic E-state index is 0.265. The van der Waals surface area contributed by atoms with Gasteiger partial charge in [-0.25, -0.2) is 0 Å². The summed E-state index contributed by atoms with van der Waals surface area (Å²) in [6, 6.07) is 18.4. The normalized spacial score (nSPS) is 11.9. The van der Waals surface area contributed by atoms with E-state index in [2.05, 4.69) is 31.2 Å². The fourth-order valence-corrected chi connectivity index (χ4v) is 2.56. The highest BCUT2D eigenvalue weighted by atomic mass is 16.5. The molecule has 1 unspecified atom stereocenters. The van der Waals surface area contributed by atoms with Crippen LogP contribution in [0, 0.1) is 0 Å². The molecule has 1 atom stereocenters. The Bertz CT molecular complexity index is 572. The summed E-state index contributed by atoms with van der Waals surface area (Å²) in [6.45, 7) is 4.42. The van der Waals surface area contributed by atoms with E-state index < -0.39 is 0 Å². The first-order valence-corrected chi connectivity index (χ1v) is 7.95. The molecule has 0 bridgehead atoms. The van der Waals surface area contributed by atoms with Gasteiger partial charge in [-0.15, -0.1) is 0 Å². The number of hydrogen-bond donors (Lipinski definition) is 0. The lowest BCUT2D eigenvalue weighted by Crippen LogP contribution is -2.01. The average molecular weight is 296 g/mol. The second-order valence-corrected chi connectivity index (χ2v) is 5.69. The Balaban J connectivity index is 1.92. The molecule has 0 saturated heterocycles. The molecule has 0 aliphatic rings. The second kappa shape index (κ2) is 8.38. The topological polar surface area (TPSA) is 26.3 Å². The van der Waals surface area contributed by atoms with Crippen LogP contribution in [-0.2, 0) is 11.4 Å². The molecular formula is C20H24O2. The monoisotopic (exact) mass is 296 g/mol. The summed E-state index contributed by atoms with van der Waals surface area (Å²) in [5.41, 5.74) is 2.45. The van der Waals surface area contributed by atoms with Gasteiger partial charge in [0.15, 0.2) is 0 Å². The van der Waals surface area contributed by atoms with Crippen LogP contribution < -0.4 is 4.74 Å². The third-order valence-electron chi connectivity index (χ3n) is 3.94. The van der Waals surface area contributed by atoms with Crippen LogP contribution in [-0.4, -0.2) is 5.78 Å². The van der Waals surface area contributed by atoms with Crippen molar-refractivity contribution < 1.29 is 9.53 Å². The Morgan fingerprint density at radius 2 is 1.73 bits per heavy atom. The number of benzene rings is 2. The van der Waals surface area contributed by atoms with Gasteiger partial charge in [-0.05, 0) is 48.9 Å². The van der Waals surface area contributed by atoms with Gasteiger partial charge < -0.3 is 9.53 Å². The quantitative estimate of drug-likeness (QED) is 0.675. The third-order valence-corrected chi connectivity index (χ3v) is 3.94. The van der Waals surface area contributed by atoms with Gasteiger partial charge in [-0.2, -0.15) is 0 Å². The van der Waals surface area contributed by atoms with Gasteiger partial charge in [0.1, 0.15) is 18.1 Å². The fourth-order valence-electron chi connectivity index (χ4n) is 2.56. The van der Waals surface area contributed by atoms with Crippen LogP contribution in [0.15, 0.2) is 54.6 Å². The minimum atomic E-state index is 0.265. The van der Waals surface area contributed by atoms with E-state index in [1.54, 1.807) is 6.92 Å². The van der Waals surface area contributed by atoms with E-state index in [0.29, 0.717) is 18.9 Å². The van der Waals surface area contributed by atoms with Crippen molar-refractivity contribution in [3.63, 3.8) is 0 Å². The van der Waals surface area contributed by atoms with Crippen LogP contribution in [0.2, 0.25) is 0 Å². The first-order valence-electron chi connectivity index (χ1n) is 7.95. The van der Waals surface area contributed by atoms with Gasteiger partial charge in [0, 0.05) is 6.42 Å². The van der Waals surface area contributed by atoms with Gasteiger partial charge in [0.25, 0.3) is 0 Å². The van der Waals surface area contributed by atoms with Crippen molar-refractivity contribution in [2.45, 2.75) is 45.6 Å². The van der Waals surface area contributed by atoms with Crippen molar-refractivity contribution in [1.29, 1.82) is 0 Å². The fraction of sp³-hybridized carbons (Fsp3) is 0.350. The van der Waals surface area contributed by atoms with Crippen molar-refractivity contribution in [3.05, 3.63) is 65.7 Å². The van der Waals surface area contributed by atoms with Crippen molar-refractivity contribution in [3.8, 4) is 5.75 Å². The summed E-state index contributed by atoms with van der Waals surface area (Å²) in [5.74, 6) is 1.60. The number of Topliss-reactive ketones (excluding diaryl/α,β-unsaturated/α-hetero) is 1. The maximum absolute atomic E-state index is 11.1. The zero-order valence-corrected chi connectivity index (χ0v) is 13.4. The molecule has 0 saturated carbocycles. The molecule has 2 nitrogen and oxygen atoms in total. The Labute approximate surface area is 133 Å². The molecule has 0 heterocycles. The molecule has 2 rings (SSSR count). The lowest BCUT2D eigenvalue weighted by Gasteiger charge is -2.15. The Morgan fingerprint density at radius 1 is 1.05 bits per heavy atom. The van der Waals surface area contributed by atoms with Crippen LogP contribution in [0.1, 0.15) is 50.2 Å². The van der Waals surface area contributed by atoms with Crippen LogP contribution in [0.4, 0.5) is 0 Å². The molecule has 22 heavy (non-hydrogen) atoms. The zero-order chi connectivity index (χ0) is 15.8. The second-order valence-electron chi connectivity index (χ2n) is 5.69. The highest BCUT2D eigenvalue weighted by Crippen LogP contribution is 2.26. The number of rotatable bonds is 8. The predicted octanol–water partition coefficient (Wildman–Crippen LogP) is 5.13. The van der Waals surface area contributed by atoms with Crippen LogP contribution in [0.5, 0.6) is 5.75 Å². The number of carbonyl (C=O) groups is 1. The summed E-state index contributed by atoms with van der Waals surface area (Å²) in [4.78, 5) is 11.1. The lowest BCUT2D eigenvalue weighted by molar-refractivity contribution is -0.117. The Morgan fingerprint density at radius 3 is 2.32 bits per heavy atom. The number of hydrogen-bond acceptors (Lipinski definition) is 2. The zero-order valence-electron chi connectivity index (χ0n) is 13.4. The molecule has 0 amide bonds. The highest BCUT2D eigenvalue weighted by molar-refractivity contribution is 5.75. The highest BCUT2D eigenvalue weighted by Gasteiger charge is 2.10. The van der Waals surface area contributed by atoms with E-state index in [9.17, 15) is 4.79 Å². The van der Waals surface area contributed by atoms with E-state index in [4.69, 9.17) is 4.74 Å². The molecule has 0 N–H and O–H groups in total. The molecule has 2 aromatic carbocycles. The molecule has 0 aliphatic carbocycles. The predicted molar refractivity (Wildman–Crippen MR) is 90.2 cm³/mol. The van der Waals surface area contributed by atoms with E-state index in [-0.39, 0.29) is 5.78 Å². The third kappa shape index (κ3) is 5.03. The molecule has 0 aliphatic heterocycles. The first-order chi connectivity index (χ1) is 10.7. The Kier molecular flexibility index (Phi) is 6.20. The molecule has 116 valence electrons. The molecular weight excluding hydrogens is 272 g/mol. The minimum Gasteiger partial charge on any atom is -0.489 e. The van der Waals surface area contributed by atoms with Gasteiger partial charge in [-0.1, -0.05) is 49.4 Å². The summed E-state index contributed by atoms with van der Waals surface area (Å²) < 4.78 is 5.80. The van der Waals surface area contributed by atoms with Crippen molar-refractivity contribution in [2.24, 2.45) is 0 Å². The molecule has 2 heteroatoms. The molecule has 0 fully saturated rings. The molecule has 2 aromatic rings. The summed E-state index contributed by atoms with van der Waals surface area (Å²) in [6.07, 6.45) is 2.64. The first kappa shape index (κ1) is 16.3. The molecule has 0 spiro atoms. The van der Waals surface area contributed by atoms with Crippen LogP contribution in [0.3, 0.4) is 0 Å². The van der Waals surface area contributed by atoms with E-state index >= 15 is 0 Å². The van der Waals surface area contributed by atoms with Crippen LogP contribution in [0.25, 0.3) is 0 Å².